The fraction of sp³-hybridized carbons (Fsp3) is 0. The van der Waals surface area contributed by atoms with E-state index in [1.807, 2.05) is 24.3 Å². The van der Waals surface area contributed by atoms with Gasteiger partial charge in [-0.3, -0.25) is 0 Å². The molecule has 0 saturated carbocycles. The van der Waals surface area contributed by atoms with Gasteiger partial charge in [0.25, 0.3) is 0 Å². The summed E-state index contributed by atoms with van der Waals surface area (Å²) in [6, 6.07) is 17.1. The van der Waals surface area contributed by atoms with E-state index in [2.05, 4.69) is 30.6 Å². The van der Waals surface area contributed by atoms with E-state index in [4.69, 9.17) is 5.73 Å². The molecule has 32 heavy (non-hydrogen) atoms. The maximum atomic E-state index is 13.0. The summed E-state index contributed by atoms with van der Waals surface area (Å²) in [5, 5.41) is 14.1. The summed E-state index contributed by atoms with van der Waals surface area (Å²) in [5.74, 6) is 0.471. The molecule has 0 aliphatic heterocycles. The molecule has 0 saturated heterocycles. The van der Waals surface area contributed by atoms with E-state index >= 15 is 0 Å². The van der Waals surface area contributed by atoms with Crippen molar-refractivity contribution in [1.82, 2.24) is 30.6 Å². The molecule has 158 valence electrons. The fourth-order valence-electron chi connectivity index (χ4n) is 3.20. The molecule has 5 aromatic rings. The molecule has 3 N–H and O–H groups in total. The SMILES string of the molecule is Nc1ccc(S(=O)(=O)c2ccc(-c3ncncc3-c3cccc(-c4nn[nH]n4)c3)s2)cc1. The first-order chi connectivity index (χ1) is 15.5. The summed E-state index contributed by atoms with van der Waals surface area (Å²) >= 11 is 1.15. The van der Waals surface area contributed by atoms with Crippen LogP contribution in [0.5, 0.6) is 0 Å². The smallest absolute Gasteiger partial charge is 0.215 e. The van der Waals surface area contributed by atoms with Crippen LogP contribution < -0.4 is 5.73 Å². The average Bonchev–Trinajstić information content (AvgIpc) is 3.52. The van der Waals surface area contributed by atoms with Gasteiger partial charge in [0.1, 0.15) is 10.5 Å². The molecule has 0 bridgehead atoms. The molecule has 0 aliphatic rings. The van der Waals surface area contributed by atoms with Crippen LogP contribution in [0.1, 0.15) is 0 Å². The van der Waals surface area contributed by atoms with Crippen LogP contribution in [0.2, 0.25) is 0 Å². The number of hydrogen-bond acceptors (Lipinski definition) is 9. The van der Waals surface area contributed by atoms with Gasteiger partial charge >= 0.3 is 0 Å². The normalized spacial score (nSPS) is 11.5. The molecule has 9 nitrogen and oxygen atoms in total. The molecule has 0 amide bonds. The predicted octanol–water partition coefficient (Wildman–Crippen LogP) is 3.47. The Balaban J connectivity index is 1.55. The topological polar surface area (TPSA) is 140 Å². The summed E-state index contributed by atoms with van der Waals surface area (Å²) in [7, 11) is -3.66. The van der Waals surface area contributed by atoms with Gasteiger partial charge in [-0.1, -0.05) is 18.2 Å². The maximum absolute atomic E-state index is 13.0. The summed E-state index contributed by atoms with van der Waals surface area (Å²) < 4.78 is 26.3. The lowest BCUT2D eigenvalue weighted by Crippen LogP contribution is -1.99. The third-order valence-corrected chi connectivity index (χ3v) is 8.11. The first kappa shape index (κ1) is 20.0. The number of rotatable bonds is 5. The lowest BCUT2D eigenvalue weighted by atomic mass is 10.0. The highest BCUT2D eigenvalue weighted by molar-refractivity contribution is 7.93. The van der Waals surface area contributed by atoms with Crippen LogP contribution in [-0.4, -0.2) is 39.0 Å². The van der Waals surface area contributed by atoms with E-state index in [0.29, 0.717) is 22.1 Å². The molecule has 2 aromatic carbocycles. The standard InChI is InChI=1S/C21H15N7O2S2/c22-15-4-6-16(7-5-15)32(29,30)19-9-8-18(31-19)20-17(11-23-12-24-20)13-2-1-3-14(10-13)21-25-27-28-26-21/h1-12H,22H2,(H,25,26,27,28). The van der Waals surface area contributed by atoms with Crippen molar-refractivity contribution in [1.29, 1.82) is 0 Å². The Morgan fingerprint density at radius 1 is 0.969 bits per heavy atom. The number of nitrogen functional groups attached to an aromatic ring is 1. The summed E-state index contributed by atoms with van der Waals surface area (Å²) in [6.45, 7) is 0. The average molecular weight is 462 g/mol. The van der Waals surface area contributed by atoms with E-state index in [0.717, 1.165) is 28.0 Å². The Kier molecular flexibility index (Phi) is 4.96. The van der Waals surface area contributed by atoms with Crippen LogP contribution in [0.3, 0.4) is 0 Å². The number of tetrazole rings is 1. The number of anilines is 1. The molecular weight excluding hydrogens is 446 g/mol. The number of benzene rings is 2. The Labute approximate surface area is 186 Å². The lowest BCUT2D eigenvalue weighted by molar-refractivity contribution is 0.598. The second-order valence-corrected chi connectivity index (χ2v) is 10.1. The van der Waals surface area contributed by atoms with Gasteiger partial charge in [-0.05, 0) is 53.2 Å². The van der Waals surface area contributed by atoms with Crippen molar-refractivity contribution < 1.29 is 8.42 Å². The van der Waals surface area contributed by atoms with Crippen LogP contribution in [0.15, 0.2) is 82.3 Å². The van der Waals surface area contributed by atoms with Crippen molar-refractivity contribution in [2.75, 3.05) is 5.73 Å². The van der Waals surface area contributed by atoms with Crippen LogP contribution in [0, 0.1) is 0 Å². The van der Waals surface area contributed by atoms with Gasteiger partial charge in [-0.15, -0.1) is 21.5 Å². The second kappa shape index (κ2) is 7.94. The molecule has 0 spiro atoms. The number of nitrogens with one attached hydrogen (secondary N) is 1. The Morgan fingerprint density at radius 2 is 1.78 bits per heavy atom. The van der Waals surface area contributed by atoms with Crippen molar-refractivity contribution in [3.8, 4) is 33.1 Å². The van der Waals surface area contributed by atoms with Gasteiger partial charge in [0, 0.05) is 23.0 Å². The van der Waals surface area contributed by atoms with Gasteiger partial charge in [0.2, 0.25) is 15.7 Å². The third kappa shape index (κ3) is 3.63. The van der Waals surface area contributed by atoms with Crippen LogP contribution >= 0.6 is 11.3 Å². The summed E-state index contributed by atoms with van der Waals surface area (Å²) in [6.07, 6.45) is 3.14. The van der Waals surface area contributed by atoms with Crippen molar-refractivity contribution in [3.63, 3.8) is 0 Å². The summed E-state index contributed by atoms with van der Waals surface area (Å²) in [4.78, 5) is 9.50. The zero-order valence-corrected chi connectivity index (χ0v) is 18.0. The Morgan fingerprint density at radius 3 is 2.56 bits per heavy atom. The predicted molar refractivity (Wildman–Crippen MR) is 120 cm³/mol. The zero-order valence-electron chi connectivity index (χ0n) is 16.4. The fourth-order valence-corrected chi connectivity index (χ4v) is 5.92. The molecule has 0 atom stereocenters. The minimum atomic E-state index is -3.66. The number of sulfone groups is 1. The number of nitrogens with two attached hydrogens (primary N) is 1. The van der Waals surface area contributed by atoms with Crippen molar-refractivity contribution in [3.05, 3.63) is 73.2 Å². The van der Waals surface area contributed by atoms with Crippen molar-refractivity contribution in [2.45, 2.75) is 9.10 Å². The number of nitrogens with zero attached hydrogens (tertiary/aromatic N) is 5. The molecular formula is C21H15N7O2S2. The molecule has 0 aliphatic carbocycles. The first-order valence-corrected chi connectivity index (χ1v) is 11.7. The lowest BCUT2D eigenvalue weighted by Gasteiger charge is -2.07. The molecule has 0 unspecified atom stereocenters. The van der Waals surface area contributed by atoms with Gasteiger partial charge in [0.15, 0.2) is 0 Å². The number of H-pyrrole nitrogens is 1. The molecule has 0 radical (unpaired) electrons. The highest BCUT2D eigenvalue weighted by atomic mass is 32.2. The zero-order chi connectivity index (χ0) is 22.1. The molecule has 0 fully saturated rings. The summed E-state index contributed by atoms with van der Waals surface area (Å²) in [5.41, 5.74) is 9.21. The Bertz CT molecular complexity index is 1500. The van der Waals surface area contributed by atoms with E-state index < -0.39 is 9.84 Å². The van der Waals surface area contributed by atoms with E-state index in [1.165, 1.54) is 18.5 Å². The first-order valence-electron chi connectivity index (χ1n) is 9.37. The van der Waals surface area contributed by atoms with E-state index in [-0.39, 0.29) is 9.10 Å². The Hall–Kier alpha value is -3.96. The molecule has 5 rings (SSSR count). The molecule has 3 heterocycles. The number of thiophene rings is 1. The molecule has 11 heteroatoms. The third-order valence-electron chi connectivity index (χ3n) is 4.76. The van der Waals surface area contributed by atoms with Crippen molar-refractivity contribution >= 4 is 26.9 Å². The monoisotopic (exact) mass is 461 g/mol. The highest BCUT2D eigenvalue weighted by Crippen LogP contribution is 2.37. The van der Waals surface area contributed by atoms with Gasteiger partial charge in [-0.25, -0.2) is 18.4 Å². The second-order valence-electron chi connectivity index (χ2n) is 6.79. The van der Waals surface area contributed by atoms with Gasteiger partial charge < -0.3 is 5.73 Å². The minimum Gasteiger partial charge on any atom is -0.399 e. The van der Waals surface area contributed by atoms with E-state index in [1.54, 1.807) is 30.5 Å². The van der Waals surface area contributed by atoms with Crippen LogP contribution in [-0.2, 0) is 9.84 Å². The van der Waals surface area contributed by atoms with Gasteiger partial charge in [0.05, 0.1) is 15.5 Å². The van der Waals surface area contributed by atoms with Crippen LogP contribution in [0.4, 0.5) is 5.69 Å². The van der Waals surface area contributed by atoms with Crippen molar-refractivity contribution in [2.24, 2.45) is 0 Å². The quantitative estimate of drug-likeness (QED) is 0.379. The largest absolute Gasteiger partial charge is 0.399 e. The van der Waals surface area contributed by atoms with Crippen LogP contribution in [0.25, 0.3) is 33.1 Å². The maximum Gasteiger partial charge on any atom is 0.215 e. The number of hydrogen-bond donors (Lipinski definition) is 2. The minimum absolute atomic E-state index is 0.191. The van der Waals surface area contributed by atoms with Gasteiger partial charge in [-0.2, -0.15) is 5.21 Å². The number of aromatic amines is 1. The highest BCUT2D eigenvalue weighted by Gasteiger charge is 2.22. The number of aromatic nitrogens is 6. The molecule has 3 aromatic heterocycles. The van der Waals surface area contributed by atoms with E-state index in [9.17, 15) is 8.42 Å².